The van der Waals surface area contributed by atoms with Crippen molar-refractivity contribution in [2.75, 3.05) is 5.32 Å². The fraction of sp³-hybridized carbons (Fsp3) is 0.471. The van der Waals surface area contributed by atoms with Crippen molar-refractivity contribution in [3.63, 3.8) is 0 Å². The number of hydrogen-bond acceptors (Lipinski definition) is 1. The molecule has 0 bridgehead atoms. The summed E-state index contributed by atoms with van der Waals surface area (Å²) in [6.07, 6.45) is 3.84. The Labute approximate surface area is 127 Å². The van der Waals surface area contributed by atoms with Crippen molar-refractivity contribution >= 4 is 11.6 Å². The Kier molecular flexibility index (Phi) is 3.98. The first-order valence-electron chi connectivity index (χ1n) is 7.60. The van der Waals surface area contributed by atoms with Gasteiger partial charge in [-0.1, -0.05) is 18.2 Å². The molecule has 3 rings (SSSR count). The first-order valence-corrected chi connectivity index (χ1v) is 7.60. The second-order valence-electron chi connectivity index (χ2n) is 6.05. The van der Waals surface area contributed by atoms with Crippen LogP contribution in [0.5, 0.6) is 0 Å². The summed E-state index contributed by atoms with van der Waals surface area (Å²) in [7, 11) is 0. The van der Waals surface area contributed by atoms with Gasteiger partial charge in [0.1, 0.15) is 0 Å². The van der Waals surface area contributed by atoms with E-state index in [4.69, 9.17) is 0 Å². The van der Waals surface area contributed by atoms with Gasteiger partial charge in [-0.25, -0.2) is 0 Å². The van der Waals surface area contributed by atoms with Crippen LogP contribution in [0.4, 0.5) is 18.9 Å². The van der Waals surface area contributed by atoms with Crippen molar-refractivity contribution < 1.29 is 18.0 Å². The molecule has 1 saturated carbocycles. The lowest BCUT2D eigenvalue weighted by Crippen LogP contribution is -2.16. The summed E-state index contributed by atoms with van der Waals surface area (Å²) in [4.78, 5) is 12.3. The predicted molar refractivity (Wildman–Crippen MR) is 78.2 cm³/mol. The van der Waals surface area contributed by atoms with E-state index in [-0.39, 0.29) is 17.5 Å². The zero-order valence-electron chi connectivity index (χ0n) is 12.1. The summed E-state index contributed by atoms with van der Waals surface area (Å²) in [5.74, 6) is 0.581. The van der Waals surface area contributed by atoms with Crippen LogP contribution in [0.3, 0.4) is 0 Å². The summed E-state index contributed by atoms with van der Waals surface area (Å²) in [5, 5.41) is 2.65. The molecule has 0 spiro atoms. The van der Waals surface area contributed by atoms with Gasteiger partial charge < -0.3 is 5.32 Å². The second kappa shape index (κ2) is 5.78. The van der Waals surface area contributed by atoms with E-state index < -0.39 is 11.7 Å². The minimum atomic E-state index is -4.39. The highest BCUT2D eigenvalue weighted by Crippen LogP contribution is 2.53. The van der Waals surface area contributed by atoms with Crippen LogP contribution >= 0.6 is 0 Å². The van der Waals surface area contributed by atoms with Crippen LogP contribution in [-0.4, -0.2) is 5.91 Å². The average Bonchev–Trinajstić information content (AvgIpc) is 3.09. The number of alkyl halides is 3. The van der Waals surface area contributed by atoms with Crippen LogP contribution in [0.25, 0.3) is 0 Å². The van der Waals surface area contributed by atoms with Gasteiger partial charge in [0.05, 0.1) is 5.56 Å². The maximum absolute atomic E-state index is 12.7. The molecule has 0 aliphatic heterocycles. The van der Waals surface area contributed by atoms with Gasteiger partial charge in [-0.05, 0) is 55.7 Å². The summed E-state index contributed by atoms with van der Waals surface area (Å²) in [5.41, 5.74) is -0.520. The molecular weight excluding hydrogens is 291 g/mol. The lowest BCUT2D eigenvalue weighted by atomic mass is 10.1. The molecule has 1 aromatic carbocycles. The Balaban J connectivity index is 1.66. The number of nitrogens with one attached hydrogen (secondary N) is 1. The zero-order chi connectivity index (χ0) is 15.7. The molecular formula is C17H18F3NO. The molecule has 22 heavy (non-hydrogen) atoms. The quantitative estimate of drug-likeness (QED) is 0.793. The zero-order valence-corrected chi connectivity index (χ0v) is 12.1. The van der Waals surface area contributed by atoms with E-state index >= 15 is 0 Å². The molecule has 2 nitrogen and oxygen atoms in total. The summed E-state index contributed by atoms with van der Waals surface area (Å²) < 4.78 is 38.1. The van der Waals surface area contributed by atoms with E-state index in [0.717, 1.165) is 37.8 Å². The highest BCUT2D eigenvalue weighted by molar-refractivity contribution is 5.95. The molecule has 0 aromatic heterocycles. The van der Waals surface area contributed by atoms with E-state index in [2.05, 4.69) is 17.5 Å². The van der Waals surface area contributed by atoms with Crippen LogP contribution in [0.1, 0.15) is 31.2 Å². The molecule has 5 heteroatoms. The maximum Gasteiger partial charge on any atom is 0.416 e. The van der Waals surface area contributed by atoms with E-state index in [1.54, 1.807) is 0 Å². The van der Waals surface area contributed by atoms with Gasteiger partial charge in [0.2, 0.25) is 5.91 Å². The van der Waals surface area contributed by atoms with Gasteiger partial charge in [-0.15, -0.1) is 0 Å². The first-order chi connectivity index (χ1) is 10.5. The number of fused-ring (bicyclic) bond motifs is 1. The van der Waals surface area contributed by atoms with Crippen LogP contribution in [0, 0.1) is 17.8 Å². The Bertz CT molecular complexity index is 578. The number of carbonyl (C=O) groups excluding carboxylic acids is 1. The number of benzene rings is 1. The van der Waals surface area contributed by atoms with Crippen LogP contribution in [-0.2, 0) is 11.0 Å². The Morgan fingerprint density at radius 3 is 2.32 bits per heavy atom. The molecule has 1 aromatic rings. The number of rotatable bonds is 2. The highest BCUT2D eigenvalue weighted by Gasteiger charge is 2.53. The Hall–Kier alpha value is -1.78. The monoisotopic (exact) mass is 309 g/mol. The van der Waals surface area contributed by atoms with Gasteiger partial charge >= 0.3 is 6.18 Å². The lowest BCUT2D eigenvalue weighted by molar-refractivity contribution is -0.137. The van der Waals surface area contributed by atoms with E-state index in [1.807, 2.05) is 0 Å². The number of allylic oxidation sites excluding steroid dienone is 2. The van der Waals surface area contributed by atoms with Crippen molar-refractivity contribution in [1.29, 1.82) is 0 Å². The Morgan fingerprint density at radius 1 is 1.09 bits per heavy atom. The molecule has 1 amide bonds. The summed E-state index contributed by atoms with van der Waals surface area (Å²) >= 11 is 0. The standard InChI is InChI=1S/C17H18F3NO/c18-17(19,20)11-6-5-7-12(10-11)21-16(22)15-13-8-3-1-2-4-9-14(13)15/h1-2,5-7,10,13-15H,3-4,8-9H2,(H,21,22)/b2-1+/t13-,14+,15?. The molecule has 0 radical (unpaired) electrons. The number of anilines is 1. The largest absolute Gasteiger partial charge is 0.416 e. The van der Waals surface area contributed by atoms with Gasteiger partial charge in [0.15, 0.2) is 0 Å². The fourth-order valence-electron chi connectivity index (χ4n) is 3.43. The van der Waals surface area contributed by atoms with Gasteiger partial charge in [0, 0.05) is 11.6 Å². The molecule has 1 unspecified atom stereocenters. The molecule has 2 aliphatic carbocycles. The molecule has 1 N–H and O–H groups in total. The topological polar surface area (TPSA) is 29.1 Å². The minimum absolute atomic E-state index is 0.0468. The van der Waals surface area contributed by atoms with E-state index in [9.17, 15) is 18.0 Å². The van der Waals surface area contributed by atoms with Crippen molar-refractivity contribution in [2.45, 2.75) is 31.9 Å². The van der Waals surface area contributed by atoms with Gasteiger partial charge in [0.25, 0.3) is 0 Å². The second-order valence-corrected chi connectivity index (χ2v) is 6.05. The molecule has 0 saturated heterocycles. The minimum Gasteiger partial charge on any atom is -0.326 e. The molecule has 1 fully saturated rings. The molecule has 3 atom stereocenters. The van der Waals surface area contributed by atoms with Crippen molar-refractivity contribution in [3.05, 3.63) is 42.0 Å². The third kappa shape index (κ3) is 3.18. The average molecular weight is 309 g/mol. The van der Waals surface area contributed by atoms with Gasteiger partial charge in [-0.2, -0.15) is 13.2 Å². The van der Waals surface area contributed by atoms with Gasteiger partial charge in [-0.3, -0.25) is 4.79 Å². The number of amides is 1. The van der Waals surface area contributed by atoms with Crippen molar-refractivity contribution in [1.82, 2.24) is 0 Å². The Morgan fingerprint density at radius 2 is 1.73 bits per heavy atom. The van der Waals surface area contributed by atoms with Crippen LogP contribution in [0.2, 0.25) is 0 Å². The van der Waals surface area contributed by atoms with Crippen LogP contribution in [0.15, 0.2) is 36.4 Å². The summed E-state index contributed by atoms with van der Waals surface area (Å²) in [6, 6.07) is 4.81. The molecule has 118 valence electrons. The summed E-state index contributed by atoms with van der Waals surface area (Å²) in [6.45, 7) is 0. The normalized spacial score (nSPS) is 29.0. The first kappa shape index (κ1) is 15.1. The number of hydrogen-bond donors (Lipinski definition) is 1. The third-order valence-electron chi connectivity index (χ3n) is 4.59. The maximum atomic E-state index is 12.7. The lowest BCUT2D eigenvalue weighted by Gasteiger charge is -2.10. The smallest absolute Gasteiger partial charge is 0.326 e. The molecule has 2 aliphatic rings. The number of carbonyl (C=O) groups is 1. The molecule has 0 heterocycles. The van der Waals surface area contributed by atoms with E-state index in [1.165, 1.54) is 12.1 Å². The van der Waals surface area contributed by atoms with Crippen LogP contribution < -0.4 is 5.32 Å². The fourth-order valence-corrected chi connectivity index (χ4v) is 3.43. The van der Waals surface area contributed by atoms with Crippen molar-refractivity contribution in [2.24, 2.45) is 17.8 Å². The SMILES string of the molecule is O=C(Nc1cccc(C(F)(F)F)c1)C1[C@H]2CC/C=C/CC[C@@H]12. The highest BCUT2D eigenvalue weighted by atomic mass is 19.4. The number of halogens is 3. The van der Waals surface area contributed by atoms with E-state index in [0.29, 0.717) is 11.8 Å². The third-order valence-corrected chi connectivity index (χ3v) is 4.59. The predicted octanol–water partition coefficient (Wildman–Crippen LogP) is 4.64. The van der Waals surface area contributed by atoms with Crippen molar-refractivity contribution in [3.8, 4) is 0 Å².